The molecule has 0 fully saturated rings. The smallest absolute Gasteiger partial charge is 0.305 e. The first-order chi connectivity index (χ1) is 9.08. The summed E-state index contributed by atoms with van der Waals surface area (Å²) >= 11 is 3.35. The second kappa shape index (κ2) is 7.94. The molecule has 0 heterocycles. The lowest BCUT2D eigenvalue weighted by Gasteiger charge is -2.07. The molecule has 0 bridgehead atoms. The average Bonchev–Trinajstić information content (AvgIpc) is 2.38. The largest absolute Gasteiger partial charge is 0.508 e. The van der Waals surface area contributed by atoms with Gasteiger partial charge in [-0.3, -0.25) is 9.59 Å². The van der Waals surface area contributed by atoms with Crippen LogP contribution in [0.4, 0.5) is 0 Å². The van der Waals surface area contributed by atoms with Crippen molar-refractivity contribution < 1.29 is 19.4 Å². The third-order valence-electron chi connectivity index (χ3n) is 2.67. The molecule has 19 heavy (non-hydrogen) atoms. The summed E-state index contributed by atoms with van der Waals surface area (Å²) in [4.78, 5) is 22.0. The zero-order chi connectivity index (χ0) is 14.3. The van der Waals surface area contributed by atoms with E-state index in [1.165, 1.54) is 6.07 Å². The molecular formula is C14H17BrO4. The quantitative estimate of drug-likeness (QED) is 0.474. The van der Waals surface area contributed by atoms with Crippen molar-refractivity contribution in [3.63, 3.8) is 0 Å². The van der Waals surface area contributed by atoms with Gasteiger partial charge < -0.3 is 9.84 Å². The number of halogens is 1. The van der Waals surface area contributed by atoms with Gasteiger partial charge in [-0.1, -0.05) is 0 Å². The van der Waals surface area contributed by atoms with Gasteiger partial charge in [0.15, 0.2) is 6.29 Å². The standard InChI is InChI=1S/C14H17BrO4/c1-2-19-13(18)6-4-3-5-10-7-12(17)8-11(9-16)14(10)15/h7-9,17H,2-6H2,1H3. The number of unbranched alkanes of at least 4 members (excludes halogenated alkanes) is 1. The zero-order valence-corrected chi connectivity index (χ0v) is 12.4. The van der Waals surface area contributed by atoms with Crippen molar-refractivity contribution in [2.75, 3.05) is 6.61 Å². The van der Waals surface area contributed by atoms with Crippen LogP contribution in [-0.2, 0) is 16.0 Å². The fourth-order valence-electron chi connectivity index (χ4n) is 1.78. The van der Waals surface area contributed by atoms with Gasteiger partial charge in [-0.05, 0) is 59.8 Å². The summed E-state index contributed by atoms with van der Waals surface area (Å²) in [7, 11) is 0. The summed E-state index contributed by atoms with van der Waals surface area (Å²) in [5, 5.41) is 9.51. The van der Waals surface area contributed by atoms with Gasteiger partial charge in [0.1, 0.15) is 5.75 Å². The highest BCUT2D eigenvalue weighted by atomic mass is 79.9. The number of rotatable bonds is 7. The molecule has 0 aliphatic heterocycles. The number of hydrogen-bond acceptors (Lipinski definition) is 4. The van der Waals surface area contributed by atoms with Crippen LogP contribution in [0.15, 0.2) is 16.6 Å². The van der Waals surface area contributed by atoms with Crippen LogP contribution in [-0.4, -0.2) is 24.0 Å². The number of carbonyl (C=O) groups excluding carboxylic acids is 2. The van der Waals surface area contributed by atoms with Gasteiger partial charge in [0, 0.05) is 16.5 Å². The van der Waals surface area contributed by atoms with E-state index in [-0.39, 0.29) is 11.7 Å². The fourth-order valence-corrected chi connectivity index (χ4v) is 2.30. The van der Waals surface area contributed by atoms with Gasteiger partial charge in [-0.15, -0.1) is 0 Å². The lowest BCUT2D eigenvalue weighted by molar-refractivity contribution is -0.143. The normalized spacial score (nSPS) is 10.2. The minimum Gasteiger partial charge on any atom is -0.508 e. The number of aromatic hydroxyl groups is 1. The molecule has 1 rings (SSSR count). The number of benzene rings is 1. The number of aryl methyl sites for hydroxylation is 1. The number of phenols is 1. The molecule has 0 saturated heterocycles. The van der Waals surface area contributed by atoms with Crippen LogP contribution < -0.4 is 0 Å². The predicted octanol–water partition coefficient (Wildman–Crippen LogP) is 3.24. The Kier molecular flexibility index (Phi) is 6.56. The number of hydrogen-bond donors (Lipinski definition) is 1. The lowest BCUT2D eigenvalue weighted by Crippen LogP contribution is -2.03. The summed E-state index contributed by atoms with van der Waals surface area (Å²) < 4.78 is 5.54. The highest BCUT2D eigenvalue weighted by molar-refractivity contribution is 9.10. The SMILES string of the molecule is CCOC(=O)CCCCc1cc(O)cc(C=O)c1Br. The summed E-state index contributed by atoms with van der Waals surface area (Å²) in [6.07, 6.45) is 3.29. The van der Waals surface area contributed by atoms with Gasteiger partial charge in [-0.2, -0.15) is 0 Å². The Morgan fingerprint density at radius 1 is 1.42 bits per heavy atom. The summed E-state index contributed by atoms with van der Waals surface area (Å²) in [6.45, 7) is 2.18. The van der Waals surface area contributed by atoms with Crippen molar-refractivity contribution in [3.05, 3.63) is 27.7 Å². The van der Waals surface area contributed by atoms with Crippen LogP contribution in [0.3, 0.4) is 0 Å². The molecule has 104 valence electrons. The fraction of sp³-hybridized carbons (Fsp3) is 0.429. The molecule has 5 heteroatoms. The molecule has 1 N–H and O–H groups in total. The Labute approximate surface area is 120 Å². The molecule has 0 unspecified atom stereocenters. The van der Waals surface area contributed by atoms with Crippen molar-refractivity contribution in [1.82, 2.24) is 0 Å². The molecule has 0 atom stereocenters. The van der Waals surface area contributed by atoms with E-state index >= 15 is 0 Å². The van der Waals surface area contributed by atoms with E-state index < -0.39 is 0 Å². The Morgan fingerprint density at radius 3 is 2.79 bits per heavy atom. The van der Waals surface area contributed by atoms with Crippen molar-refractivity contribution in [1.29, 1.82) is 0 Å². The Hall–Kier alpha value is -1.36. The summed E-state index contributed by atoms with van der Waals surface area (Å²) in [5.74, 6) is -0.114. The Morgan fingerprint density at radius 2 is 2.16 bits per heavy atom. The van der Waals surface area contributed by atoms with Crippen LogP contribution in [0.5, 0.6) is 5.75 Å². The maximum Gasteiger partial charge on any atom is 0.305 e. The van der Waals surface area contributed by atoms with E-state index in [4.69, 9.17) is 4.74 Å². The lowest BCUT2D eigenvalue weighted by atomic mass is 10.0. The van der Waals surface area contributed by atoms with Crippen molar-refractivity contribution in [2.45, 2.75) is 32.6 Å². The van der Waals surface area contributed by atoms with Crippen LogP contribution in [0.2, 0.25) is 0 Å². The number of esters is 1. The molecule has 0 aliphatic carbocycles. The van der Waals surface area contributed by atoms with Crippen molar-refractivity contribution >= 4 is 28.2 Å². The van der Waals surface area contributed by atoms with E-state index in [9.17, 15) is 14.7 Å². The second-order valence-corrected chi connectivity index (χ2v) is 4.93. The van der Waals surface area contributed by atoms with Crippen LogP contribution in [0.1, 0.15) is 42.1 Å². The first kappa shape index (κ1) is 15.7. The van der Waals surface area contributed by atoms with E-state index in [1.54, 1.807) is 13.0 Å². The van der Waals surface area contributed by atoms with E-state index in [0.29, 0.717) is 35.8 Å². The molecular weight excluding hydrogens is 312 g/mol. The molecule has 0 amide bonds. The summed E-state index contributed by atoms with van der Waals surface area (Å²) in [5.41, 5.74) is 1.30. The van der Waals surface area contributed by atoms with Gasteiger partial charge in [-0.25, -0.2) is 0 Å². The van der Waals surface area contributed by atoms with Crippen LogP contribution in [0, 0.1) is 0 Å². The van der Waals surface area contributed by atoms with Gasteiger partial charge in [0.05, 0.1) is 6.61 Å². The summed E-state index contributed by atoms with van der Waals surface area (Å²) in [6, 6.07) is 3.04. The number of carbonyl (C=O) groups is 2. The molecule has 0 spiro atoms. The molecule has 1 aromatic carbocycles. The van der Waals surface area contributed by atoms with Crippen molar-refractivity contribution in [2.24, 2.45) is 0 Å². The highest BCUT2D eigenvalue weighted by Gasteiger charge is 2.08. The van der Waals surface area contributed by atoms with Crippen LogP contribution >= 0.6 is 15.9 Å². The maximum atomic E-state index is 11.2. The molecule has 0 radical (unpaired) electrons. The third kappa shape index (κ3) is 5.03. The predicted molar refractivity (Wildman–Crippen MR) is 75.4 cm³/mol. The minimum atomic E-state index is -0.189. The highest BCUT2D eigenvalue weighted by Crippen LogP contribution is 2.27. The second-order valence-electron chi connectivity index (χ2n) is 4.14. The molecule has 0 aliphatic rings. The van der Waals surface area contributed by atoms with Gasteiger partial charge in [0.2, 0.25) is 0 Å². The Bertz CT molecular complexity index is 457. The molecule has 1 aromatic rings. The first-order valence-corrected chi connectivity index (χ1v) is 7.00. The topological polar surface area (TPSA) is 63.6 Å². The molecule has 0 saturated carbocycles. The number of phenolic OH excluding ortho intramolecular Hbond substituents is 1. The van der Waals surface area contributed by atoms with E-state index in [0.717, 1.165) is 18.4 Å². The average molecular weight is 329 g/mol. The van der Waals surface area contributed by atoms with E-state index in [1.807, 2.05) is 0 Å². The van der Waals surface area contributed by atoms with Gasteiger partial charge in [0.25, 0.3) is 0 Å². The van der Waals surface area contributed by atoms with E-state index in [2.05, 4.69) is 15.9 Å². The zero-order valence-electron chi connectivity index (χ0n) is 10.8. The number of ether oxygens (including phenoxy) is 1. The maximum absolute atomic E-state index is 11.2. The molecule has 0 aromatic heterocycles. The third-order valence-corrected chi connectivity index (χ3v) is 3.64. The minimum absolute atomic E-state index is 0.0747. The van der Waals surface area contributed by atoms with Crippen molar-refractivity contribution in [3.8, 4) is 5.75 Å². The monoisotopic (exact) mass is 328 g/mol. The Balaban J connectivity index is 2.52. The number of aldehydes is 1. The van der Waals surface area contributed by atoms with Gasteiger partial charge >= 0.3 is 5.97 Å². The molecule has 4 nitrogen and oxygen atoms in total. The first-order valence-electron chi connectivity index (χ1n) is 6.20. The van der Waals surface area contributed by atoms with Crippen LogP contribution in [0.25, 0.3) is 0 Å².